The molecule has 1 saturated carbocycles. The van der Waals surface area contributed by atoms with Gasteiger partial charge >= 0.3 is 0 Å². The van der Waals surface area contributed by atoms with Crippen LogP contribution in [0.2, 0.25) is 0 Å². The van der Waals surface area contributed by atoms with Gasteiger partial charge in [0.05, 0.1) is 14.2 Å². The second kappa shape index (κ2) is 5.83. The number of benzene rings is 1. The molecule has 0 aliphatic heterocycles. The molecule has 0 bridgehead atoms. The van der Waals surface area contributed by atoms with Crippen molar-refractivity contribution in [1.29, 1.82) is 0 Å². The van der Waals surface area contributed by atoms with Gasteiger partial charge in [-0.25, -0.2) is 0 Å². The van der Waals surface area contributed by atoms with E-state index in [1.165, 1.54) is 18.4 Å². The standard InChI is InChI=1S/C16H25NO2/c1-5-8-17-11-16(10-12(16)2)13-6-7-14(18-3)15(9-13)19-4/h6-7,9,12,17H,5,8,10-11H2,1-4H3. The van der Waals surface area contributed by atoms with Crippen LogP contribution < -0.4 is 14.8 Å². The average Bonchev–Trinajstić information content (AvgIpc) is 3.10. The van der Waals surface area contributed by atoms with E-state index in [4.69, 9.17) is 9.47 Å². The molecule has 1 aromatic carbocycles. The Kier molecular flexibility index (Phi) is 4.35. The SMILES string of the molecule is CCCNCC1(c2ccc(OC)c(OC)c2)CC1C. The first-order chi connectivity index (χ1) is 9.17. The average molecular weight is 263 g/mol. The van der Waals surface area contributed by atoms with Gasteiger partial charge in [-0.05, 0) is 43.0 Å². The predicted molar refractivity (Wildman–Crippen MR) is 78.2 cm³/mol. The molecule has 3 heteroatoms. The number of rotatable bonds is 7. The molecule has 2 unspecified atom stereocenters. The maximum Gasteiger partial charge on any atom is 0.161 e. The van der Waals surface area contributed by atoms with Crippen molar-refractivity contribution >= 4 is 0 Å². The van der Waals surface area contributed by atoms with E-state index in [2.05, 4.69) is 31.3 Å². The van der Waals surface area contributed by atoms with Crippen LogP contribution in [0.1, 0.15) is 32.3 Å². The number of ether oxygens (including phenoxy) is 2. The van der Waals surface area contributed by atoms with E-state index in [9.17, 15) is 0 Å². The van der Waals surface area contributed by atoms with Crippen molar-refractivity contribution in [3.8, 4) is 11.5 Å². The van der Waals surface area contributed by atoms with Crippen LogP contribution in [0.5, 0.6) is 11.5 Å². The van der Waals surface area contributed by atoms with E-state index in [0.717, 1.165) is 30.5 Å². The summed E-state index contributed by atoms with van der Waals surface area (Å²) in [6, 6.07) is 6.33. The molecule has 0 aromatic heterocycles. The summed E-state index contributed by atoms with van der Waals surface area (Å²) in [4.78, 5) is 0. The summed E-state index contributed by atoms with van der Waals surface area (Å²) in [7, 11) is 3.37. The summed E-state index contributed by atoms with van der Waals surface area (Å²) >= 11 is 0. The molecule has 0 saturated heterocycles. The highest BCUT2D eigenvalue weighted by atomic mass is 16.5. The molecule has 1 N–H and O–H groups in total. The topological polar surface area (TPSA) is 30.5 Å². The van der Waals surface area contributed by atoms with E-state index in [1.807, 2.05) is 6.07 Å². The van der Waals surface area contributed by atoms with E-state index < -0.39 is 0 Å². The smallest absolute Gasteiger partial charge is 0.161 e. The first kappa shape index (κ1) is 14.2. The molecule has 0 radical (unpaired) electrons. The van der Waals surface area contributed by atoms with Crippen LogP contribution in [0.3, 0.4) is 0 Å². The van der Waals surface area contributed by atoms with Crippen LogP contribution in [0.25, 0.3) is 0 Å². The third-order valence-corrected chi connectivity index (χ3v) is 4.28. The van der Waals surface area contributed by atoms with Crippen LogP contribution in [0.15, 0.2) is 18.2 Å². The number of hydrogen-bond acceptors (Lipinski definition) is 3. The molecule has 1 fully saturated rings. The molecule has 2 atom stereocenters. The Balaban J connectivity index is 2.19. The molecule has 1 aromatic rings. The first-order valence-electron chi connectivity index (χ1n) is 7.11. The lowest BCUT2D eigenvalue weighted by Gasteiger charge is -2.19. The Hall–Kier alpha value is -1.22. The molecular weight excluding hydrogens is 238 g/mol. The zero-order valence-corrected chi connectivity index (χ0v) is 12.5. The highest BCUT2D eigenvalue weighted by molar-refractivity contribution is 5.47. The quantitative estimate of drug-likeness (QED) is 0.767. The first-order valence-corrected chi connectivity index (χ1v) is 7.11. The van der Waals surface area contributed by atoms with Crippen molar-refractivity contribution in [3.05, 3.63) is 23.8 Å². The van der Waals surface area contributed by atoms with Gasteiger partial charge in [-0.2, -0.15) is 0 Å². The Morgan fingerprint density at radius 2 is 1.95 bits per heavy atom. The van der Waals surface area contributed by atoms with Crippen LogP contribution in [0.4, 0.5) is 0 Å². The van der Waals surface area contributed by atoms with Crippen molar-refractivity contribution in [2.24, 2.45) is 5.92 Å². The van der Waals surface area contributed by atoms with Crippen LogP contribution in [-0.4, -0.2) is 27.3 Å². The van der Waals surface area contributed by atoms with Gasteiger partial charge in [-0.3, -0.25) is 0 Å². The van der Waals surface area contributed by atoms with E-state index in [0.29, 0.717) is 0 Å². The van der Waals surface area contributed by atoms with Crippen molar-refractivity contribution in [2.75, 3.05) is 27.3 Å². The van der Waals surface area contributed by atoms with Crippen LogP contribution in [-0.2, 0) is 5.41 Å². The van der Waals surface area contributed by atoms with E-state index in [1.54, 1.807) is 14.2 Å². The Bertz CT molecular complexity index is 433. The largest absolute Gasteiger partial charge is 0.493 e. The van der Waals surface area contributed by atoms with Crippen molar-refractivity contribution < 1.29 is 9.47 Å². The summed E-state index contributed by atoms with van der Waals surface area (Å²) < 4.78 is 10.7. The van der Waals surface area contributed by atoms with E-state index in [-0.39, 0.29) is 5.41 Å². The minimum absolute atomic E-state index is 0.286. The zero-order valence-electron chi connectivity index (χ0n) is 12.5. The minimum atomic E-state index is 0.286. The molecule has 0 heterocycles. The molecule has 1 aliphatic rings. The fourth-order valence-corrected chi connectivity index (χ4v) is 2.87. The molecule has 0 spiro atoms. The summed E-state index contributed by atoms with van der Waals surface area (Å²) in [6.07, 6.45) is 2.43. The van der Waals surface area contributed by atoms with Crippen molar-refractivity contribution in [3.63, 3.8) is 0 Å². The lowest BCUT2D eigenvalue weighted by atomic mass is 9.93. The van der Waals surface area contributed by atoms with Gasteiger partial charge in [-0.15, -0.1) is 0 Å². The van der Waals surface area contributed by atoms with Crippen molar-refractivity contribution in [2.45, 2.75) is 32.1 Å². The number of methoxy groups -OCH3 is 2. The molecule has 106 valence electrons. The van der Waals surface area contributed by atoms with Gasteiger partial charge in [-0.1, -0.05) is 19.9 Å². The summed E-state index contributed by atoms with van der Waals surface area (Å²) in [6.45, 7) is 6.66. The third-order valence-electron chi connectivity index (χ3n) is 4.28. The molecular formula is C16H25NO2. The summed E-state index contributed by atoms with van der Waals surface area (Å²) in [5.41, 5.74) is 1.65. The predicted octanol–water partition coefficient (Wildman–Crippen LogP) is 2.98. The fraction of sp³-hybridized carbons (Fsp3) is 0.625. The summed E-state index contributed by atoms with van der Waals surface area (Å²) in [5, 5.41) is 3.56. The lowest BCUT2D eigenvalue weighted by molar-refractivity contribution is 0.353. The van der Waals surface area contributed by atoms with Gasteiger partial charge in [0.25, 0.3) is 0 Å². The molecule has 2 rings (SSSR count). The normalized spacial score (nSPS) is 25.2. The lowest BCUT2D eigenvalue weighted by Crippen LogP contribution is -2.28. The molecule has 3 nitrogen and oxygen atoms in total. The zero-order chi connectivity index (χ0) is 13.9. The van der Waals surface area contributed by atoms with Crippen LogP contribution in [0, 0.1) is 5.92 Å². The van der Waals surface area contributed by atoms with Gasteiger partial charge in [0, 0.05) is 12.0 Å². The van der Waals surface area contributed by atoms with E-state index >= 15 is 0 Å². The number of nitrogens with one attached hydrogen (secondary N) is 1. The maximum atomic E-state index is 5.42. The minimum Gasteiger partial charge on any atom is -0.493 e. The Morgan fingerprint density at radius 1 is 1.26 bits per heavy atom. The highest BCUT2D eigenvalue weighted by Crippen LogP contribution is 2.54. The van der Waals surface area contributed by atoms with Gasteiger partial charge in [0.1, 0.15) is 0 Å². The van der Waals surface area contributed by atoms with Crippen LogP contribution >= 0.6 is 0 Å². The monoisotopic (exact) mass is 263 g/mol. The van der Waals surface area contributed by atoms with Gasteiger partial charge in [0.15, 0.2) is 11.5 Å². The van der Waals surface area contributed by atoms with Gasteiger partial charge < -0.3 is 14.8 Å². The Labute approximate surface area is 116 Å². The molecule has 0 amide bonds. The second-order valence-corrected chi connectivity index (χ2v) is 5.51. The van der Waals surface area contributed by atoms with Crippen molar-refractivity contribution in [1.82, 2.24) is 5.32 Å². The fourth-order valence-electron chi connectivity index (χ4n) is 2.87. The van der Waals surface area contributed by atoms with Gasteiger partial charge in [0.2, 0.25) is 0 Å². The maximum absolute atomic E-state index is 5.42. The Morgan fingerprint density at radius 3 is 2.47 bits per heavy atom. The summed E-state index contributed by atoms with van der Waals surface area (Å²) in [5.74, 6) is 2.36. The third kappa shape index (κ3) is 2.71. The molecule has 19 heavy (non-hydrogen) atoms. The second-order valence-electron chi connectivity index (χ2n) is 5.51. The number of hydrogen-bond donors (Lipinski definition) is 1. The molecule has 1 aliphatic carbocycles. The highest BCUT2D eigenvalue weighted by Gasteiger charge is 2.51.